The lowest BCUT2D eigenvalue weighted by Crippen LogP contribution is -2.44. The van der Waals surface area contributed by atoms with Gasteiger partial charge in [0.1, 0.15) is 0 Å². The highest BCUT2D eigenvalue weighted by Gasteiger charge is 2.38. The topological polar surface area (TPSA) is 45.2 Å². The van der Waals surface area contributed by atoms with Crippen LogP contribution >= 0.6 is 11.3 Å². The third kappa shape index (κ3) is 2.34. The van der Waals surface area contributed by atoms with E-state index < -0.39 is 0 Å². The van der Waals surface area contributed by atoms with E-state index in [1.165, 1.54) is 6.42 Å². The van der Waals surface area contributed by atoms with Crippen molar-refractivity contribution in [2.45, 2.75) is 19.3 Å². The number of carbonyl (C=O) groups is 1. The predicted molar refractivity (Wildman–Crippen MR) is 84.7 cm³/mol. The first-order chi connectivity index (χ1) is 10.3. The zero-order chi connectivity index (χ0) is 14.3. The molecule has 0 saturated carbocycles. The molecule has 3 heterocycles. The van der Waals surface area contributed by atoms with Crippen molar-refractivity contribution in [3.05, 3.63) is 29.3 Å². The van der Waals surface area contributed by atoms with Crippen LogP contribution < -0.4 is 5.32 Å². The third-order valence-electron chi connectivity index (χ3n) is 5.02. The fourth-order valence-electron chi connectivity index (χ4n) is 3.58. The van der Waals surface area contributed by atoms with Crippen molar-refractivity contribution in [1.29, 1.82) is 0 Å². The number of fused-ring (bicyclic) bond motifs is 1. The molecule has 1 aromatic carbocycles. The van der Waals surface area contributed by atoms with Crippen molar-refractivity contribution in [3.8, 4) is 0 Å². The molecule has 4 rings (SSSR count). The van der Waals surface area contributed by atoms with Crippen molar-refractivity contribution < 1.29 is 4.79 Å². The van der Waals surface area contributed by atoms with Gasteiger partial charge in [-0.2, -0.15) is 0 Å². The molecule has 2 aliphatic rings. The summed E-state index contributed by atoms with van der Waals surface area (Å²) in [6.07, 6.45) is 3.53. The maximum atomic E-state index is 12.7. The molecule has 1 N–H and O–H groups in total. The number of rotatable bonds is 1. The van der Waals surface area contributed by atoms with Gasteiger partial charge in [-0.3, -0.25) is 4.79 Å². The van der Waals surface area contributed by atoms with E-state index in [0.29, 0.717) is 5.41 Å². The summed E-state index contributed by atoms with van der Waals surface area (Å²) in [5, 5.41) is 3.47. The summed E-state index contributed by atoms with van der Waals surface area (Å²) >= 11 is 1.59. The maximum absolute atomic E-state index is 12.7. The van der Waals surface area contributed by atoms with Gasteiger partial charge < -0.3 is 10.2 Å². The normalized spacial score (nSPS) is 21.2. The van der Waals surface area contributed by atoms with E-state index in [2.05, 4.69) is 10.3 Å². The highest BCUT2D eigenvalue weighted by atomic mass is 32.1. The number of aromatic nitrogens is 1. The second-order valence-corrected chi connectivity index (χ2v) is 7.14. The molecule has 2 aromatic rings. The van der Waals surface area contributed by atoms with Crippen LogP contribution in [0.2, 0.25) is 0 Å². The molecule has 4 nitrogen and oxygen atoms in total. The number of nitrogens with one attached hydrogen (secondary N) is 1. The van der Waals surface area contributed by atoms with Gasteiger partial charge in [0, 0.05) is 25.2 Å². The lowest BCUT2D eigenvalue weighted by Gasteiger charge is -2.38. The Kier molecular flexibility index (Phi) is 3.19. The van der Waals surface area contributed by atoms with Crippen molar-refractivity contribution in [1.82, 2.24) is 15.2 Å². The highest BCUT2D eigenvalue weighted by molar-refractivity contribution is 7.16. The van der Waals surface area contributed by atoms with Crippen LogP contribution in [0.1, 0.15) is 29.6 Å². The third-order valence-corrected chi connectivity index (χ3v) is 5.81. The predicted octanol–water partition coefficient (Wildman–Crippen LogP) is 2.51. The maximum Gasteiger partial charge on any atom is 0.253 e. The Balaban J connectivity index is 1.50. The van der Waals surface area contributed by atoms with Crippen LogP contribution in [-0.4, -0.2) is 42.0 Å². The second kappa shape index (κ2) is 5.07. The zero-order valence-corrected chi connectivity index (χ0v) is 12.8. The average Bonchev–Trinajstić information content (AvgIpc) is 3.16. The van der Waals surface area contributed by atoms with E-state index in [1.807, 2.05) is 28.6 Å². The number of amides is 1. The molecule has 0 atom stereocenters. The molecular weight excluding hydrogens is 282 g/mol. The van der Waals surface area contributed by atoms with Crippen LogP contribution in [0.5, 0.6) is 0 Å². The lowest BCUT2D eigenvalue weighted by molar-refractivity contribution is 0.0608. The Bertz CT molecular complexity index is 665. The van der Waals surface area contributed by atoms with Gasteiger partial charge in [0.15, 0.2) is 0 Å². The van der Waals surface area contributed by atoms with Gasteiger partial charge in [-0.1, -0.05) is 0 Å². The molecule has 0 aliphatic carbocycles. The van der Waals surface area contributed by atoms with Crippen LogP contribution in [0, 0.1) is 5.41 Å². The summed E-state index contributed by atoms with van der Waals surface area (Å²) in [4.78, 5) is 18.9. The molecule has 0 radical (unpaired) electrons. The molecule has 5 heteroatoms. The summed E-state index contributed by atoms with van der Waals surface area (Å²) in [5.41, 5.74) is 4.06. The number of hydrogen-bond donors (Lipinski definition) is 1. The Morgan fingerprint density at radius 2 is 2.14 bits per heavy atom. The summed E-state index contributed by atoms with van der Waals surface area (Å²) < 4.78 is 1.09. The number of piperidine rings is 1. The van der Waals surface area contributed by atoms with Gasteiger partial charge in [-0.25, -0.2) is 4.98 Å². The molecule has 2 fully saturated rings. The summed E-state index contributed by atoms with van der Waals surface area (Å²) in [7, 11) is 0. The quantitative estimate of drug-likeness (QED) is 0.880. The molecule has 1 aromatic heterocycles. The van der Waals surface area contributed by atoms with Gasteiger partial charge in [0.05, 0.1) is 15.7 Å². The Labute approximate surface area is 128 Å². The van der Waals surface area contributed by atoms with Crippen molar-refractivity contribution in [2.75, 3.05) is 26.2 Å². The Morgan fingerprint density at radius 3 is 2.90 bits per heavy atom. The molecular formula is C16H19N3OS. The van der Waals surface area contributed by atoms with E-state index in [-0.39, 0.29) is 5.91 Å². The van der Waals surface area contributed by atoms with Gasteiger partial charge >= 0.3 is 0 Å². The van der Waals surface area contributed by atoms with Crippen molar-refractivity contribution in [3.63, 3.8) is 0 Å². The smallest absolute Gasteiger partial charge is 0.253 e. The van der Waals surface area contributed by atoms with Gasteiger partial charge in [0.2, 0.25) is 0 Å². The molecule has 0 bridgehead atoms. The standard InChI is InChI=1S/C16H19N3OS/c20-15(12-1-2-13-14(9-12)21-11-18-13)19-7-4-16(5-8-19)3-6-17-10-16/h1-2,9,11,17H,3-8,10H2. The van der Waals surface area contributed by atoms with E-state index in [0.717, 1.165) is 54.8 Å². The zero-order valence-electron chi connectivity index (χ0n) is 12.0. The minimum Gasteiger partial charge on any atom is -0.339 e. The largest absolute Gasteiger partial charge is 0.339 e. The molecule has 1 spiro atoms. The first kappa shape index (κ1) is 13.2. The van der Waals surface area contributed by atoms with Gasteiger partial charge in [-0.15, -0.1) is 11.3 Å². The van der Waals surface area contributed by atoms with Crippen LogP contribution in [0.15, 0.2) is 23.7 Å². The number of thiazole rings is 1. The molecule has 0 unspecified atom stereocenters. The average molecular weight is 301 g/mol. The van der Waals surface area contributed by atoms with E-state index >= 15 is 0 Å². The van der Waals surface area contributed by atoms with E-state index in [4.69, 9.17) is 0 Å². The van der Waals surface area contributed by atoms with Crippen LogP contribution in [0.3, 0.4) is 0 Å². The minimum absolute atomic E-state index is 0.172. The Hall–Kier alpha value is -1.46. The first-order valence-electron chi connectivity index (χ1n) is 7.59. The molecule has 2 aliphatic heterocycles. The SMILES string of the molecule is O=C(c1ccc2ncsc2c1)N1CCC2(CCNC2)CC1. The fraction of sp³-hybridized carbons (Fsp3) is 0.500. The number of nitrogens with zero attached hydrogens (tertiary/aromatic N) is 2. The van der Waals surface area contributed by atoms with Crippen molar-refractivity contribution in [2.24, 2.45) is 5.41 Å². The number of hydrogen-bond acceptors (Lipinski definition) is 4. The first-order valence-corrected chi connectivity index (χ1v) is 8.47. The summed E-state index contributed by atoms with van der Waals surface area (Å²) in [6, 6.07) is 5.84. The van der Waals surface area contributed by atoms with Crippen molar-refractivity contribution >= 4 is 27.5 Å². The summed E-state index contributed by atoms with van der Waals surface area (Å²) in [6.45, 7) is 4.04. The molecule has 2 saturated heterocycles. The molecule has 1 amide bonds. The number of benzene rings is 1. The highest BCUT2D eigenvalue weighted by Crippen LogP contribution is 2.37. The van der Waals surface area contributed by atoms with E-state index in [1.54, 1.807) is 11.3 Å². The van der Waals surface area contributed by atoms with Gasteiger partial charge in [-0.05, 0) is 49.4 Å². The fourth-order valence-corrected chi connectivity index (χ4v) is 4.29. The van der Waals surface area contributed by atoms with Crippen LogP contribution in [0.25, 0.3) is 10.2 Å². The van der Waals surface area contributed by atoms with Crippen LogP contribution in [-0.2, 0) is 0 Å². The number of likely N-dealkylation sites (tertiary alicyclic amines) is 1. The lowest BCUT2D eigenvalue weighted by atomic mass is 9.78. The number of carbonyl (C=O) groups excluding carboxylic acids is 1. The minimum atomic E-state index is 0.172. The van der Waals surface area contributed by atoms with E-state index in [9.17, 15) is 4.79 Å². The summed E-state index contributed by atoms with van der Waals surface area (Å²) in [5.74, 6) is 0.172. The molecule has 21 heavy (non-hydrogen) atoms. The Morgan fingerprint density at radius 1 is 1.29 bits per heavy atom. The monoisotopic (exact) mass is 301 g/mol. The second-order valence-electron chi connectivity index (χ2n) is 6.25. The van der Waals surface area contributed by atoms with Crippen LogP contribution in [0.4, 0.5) is 0 Å². The van der Waals surface area contributed by atoms with Gasteiger partial charge in [0.25, 0.3) is 5.91 Å². The molecule has 110 valence electrons.